The van der Waals surface area contributed by atoms with Crippen molar-refractivity contribution in [3.05, 3.63) is 53.6 Å². The number of nitrogens with one attached hydrogen (secondary N) is 2. The molecular weight excluding hydrogens is 446 g/mol. The van der Waals surface area contributed by atoms with Gasteiger partial charge < -0.3 is 20.7 Å². The number of nitrogens with two attached hydrogens (primary N) is 1. The Balaban J connectivity index is 1.36. The molecule has 4 N–H and O–H groups in total. The molecule has 0 radical (unpaired) electrons. The number of H-pyrrole nitrogens is 1. The third-order valence-corrected chi connectivity index (χ3v) is 6.86. The monoisotopic (exact) mass is 473 g/mol. The predicted octanol–water partition coefficient (Wildman–Crippen LogP) is 1.83. The standard InChI is InChI=1S/C25H27N7O3/c26-25(34)32(31-12-14-35-15-13-31)19-3-1-2-18-20(19)24(33)21-22(28-29-23(18)21)16-4-6-17(7-5-16)30-10-8-27-9-11-30/h1-7,27H,8-15H2,(H2,26,34)(H,28,29). The number of nitrogens with zero attached hydrogens (tertiary/aromatic N) is 4. The first-order chi connectivity index (χ1) is 17.1. The van der Waals surface area contributed by atoms with E-state index in [2.05, 4.69) is 32.5 Å². The Morgan fingerprint density at radius 2 is 1.74 bits per heavy atom. The van der Waals surface area contributed by atoms with Gasteiger partial charge in [0.15, 0.2) is 5.78 Å². The summed E-state index contributed by atoms with van der Waals surface area (Å²) >= 11 is 0. The summed E-state index contributed by atoms with van der Waals surface area (Å²) in [5.74, 6) is -0.167. The number of benzene rings is 2. The van der Waals surface area contributed by atoms with Crippen LogP contribution in [0.1, 0.15) is 15.9 Å². The summed E-state index contributed by atoms with van der Waals surface area (Å²) in [5, 5.41) is 14.2. The fraction of sp³-hybridized carbons (Fsp3) is 0.320. The molecule has 0 bridgehead atoms. The predicted molar refractivity (Wildman–Crippen MR) is 132 cm³/mol. The molecule has 2 saturated heterocycles. The number of hydrogen-bond acceptors (Lipinski definition) is 7. The van der Waals surface area contributed by atoms with E-state index < -0.39 is 6.03 Å². The number of anilines is 2. The number of aromatic nitrogens is 2. The lowest BCUT2D eigenvalue weighted by Crippen LogP contribution is -2.54. The van der Waals surface area contributed by atoms with Gasteiger partial charge in [-0.05, 0) is 18.2 Å². The van der Waals surface area contributed by atoms with E-state index in [1.165, 1.54) is 5.01 Å². The Morgan fingerprint density at radius 1 is 1.00 bits per heavy atom. The SMILES string of the molecule is NC(=O)N(c1cccc2c1C(=O)c1c(-c3ccc(N4CCNCC4)cc3)n[nH]c1-2)N1CCOCC1. The molecular formula is C25H27N7O3. The largest absolute Gasteiger partial charge is 0.379 e. The zero-order valence-corrected chi connectivity index (χ0v) is 19.3. The molecule has 35 heavy (non-hydrogen) atoms. The first-order valence-electron chi connectivity index (χ1n) is 11.9. The molecule has 2 aliphatic heterocycles. The zero-order valence-electron chi connectivity index (χ0n) is 19.3. The van der Waals surface area contributed by atoms with Gasteiger partial charge in [0.25, 0.3) is 0 Å². The number of aromatic amines is 1. The second-order valence-corrected chi connectivity index (χ2v) is 8.85. The van der Waals surface area contributed by atoms with Gasteiger partial charge in [-0.1, -0.05) is 24.3 Å². The quantitative estimate of drug-likeness (QED) is 0.414. The highest BCUT2D eigenvalue weighted by Gasteiger charge is 2.37. The van der Waals surface area contributed by atoms with Crippen molar-refractivity contribution in [2.45, 2.75) is 0 Å². The lowest BCUT2D eigenvalue weighted by atomic mass is 10.0. The van der Waals surface area contributed by atoms with Crippen LogP contribution in [-0.4, -0.2) is 79.5 Å². The van der Waals surface area contributed by atoms with E-state index in [9.17, 15) is 9.59 Å². The number of rotatable bonds is 4. The maximum Gasteiger partial charge on any atom is 0.334 e. The van der Waals surface area contributed by atoms with Crippen molar-refractivity contribution in [1.29, 1.82) is 0 Å². The molecule has 10 heteroatoms. The Bertz CT molecular complexity index is 1270. The Kier molecular flexibility index (Phi) is 5.48. The average molecular weight is 474 g/mol. The van der Waals surface area contributed by atoms with Crippen LogP contribution in [0.5, 0.6) is 0 Å². The van der Waals surface area contributed by atoms with Crippen LogP contribution in [0.4, 0.5) is 16.2 Å². The highest BCUT2D eigenvalue weighted by atomic mass is 16.5. The van der Waals surface area contributed by atoms with Crippen molar-refractivity contribution in [3.8, 4) is 22.5 Å². The smallest absolute Gasteiger partial charge is 0.334 e. The van der Waals surface area contributed by atoms with E-state index in [1.807, 2.05) is 29.3 Å². The molecule has 0 unspecified atom stereocenters. The Labute approximate surface area is 202 Å². The lowest BCUT2D eigenvalue weighted by molar-refractivity contribution is 0.0364. The van der Waals surface area contributed by atoms with Gasteiger partial charge in [-0.3, -0.25) is 9.89 Å². The van der Waals surface area contributed by atoms with Gasteiger partial charge in [0, 0.05) is 56.1 Å². The molecule has 180 valence electrons. The molecule has 10 nitrogen and oxygen atoms in total. The summed E-state index contributed by atoms with van der Waals surface area (Å²) < 4.78 is 5.42. The third-order valence-electron chi connectivity index (χ3n) is 6.86. The minimum Gasteiger partial charge on any atom is -0.379 e. The molecule has 2 amide bonds. The summed E-state index contributed by atoms with van der Waals surface area (Å²) in [6.07, 6.45) is 0. The van der Waals surface area contributed by atoms with Gasteiger partial charge in [-0.25, -0.2) is 14.8 Å². The molecule has 0 atom stereocenters. The van der Waals surface area contributed by atoms with Gasteiger partial charge in [0.2, 0.25) is 0 Å². The number of ketones is 1. The molecule has 1 aliphatic carbocycles. The molecule has 2 fully saturated rings. The van der Waals surface area contributed by atoms with Crippen LogP contribution in [0.25, 0.3) is 22.5 Å². The topological polar surface area (TPSA) is 120 Å². The van der Waals surface area contributed by atoms with E-state index >= 15 is 0 Å². The van der Waals surface area contributed by atoms with Crippen LogP contribution < -0.4 is 21.0 Å². The second-order valence-electron chi connectivity index (χ2n) is 8.85. The third kappa shape index (κ3) is 3.66. The average Bonchev–Trinajstić information content (AvgIpc) is 3.45. The molecule has 0 saturated carbocycles. The van der Waals surface area contributed by atoms with Gasteiger partial charge in [-0.2, -0.15) is 5.10 Å². The van der Waals surface area contributed by atoms with Crippen molar-refractivity contribution in [3.63, 3.8) is 0 Å². The Morgan fingerprint density at radius 3 is 2.46 bits per heavy atom. The fourth-order valence-corrected chi connectivity index (χ4v) is 5.17. The minimum absolute atomic E-state index is 0.167. The van der Waals surface area contributed by atoms with Crippen LogP contribution in [-0.2, 0) is 4.74 Å². The highest BCUT2D eigenvalue weighted by Crippen LogP contribution is 2.44. The van der Waals surface area contributed by atoms with Gasteiger partial charge in [0.05, 0.1) is 35.7 Å². The lowest BCUT2D eigenvalue weighted by Gasteiger charge is -2.36. The number of amides is 2. The maximum atomic E-state index is 13.8. The molecule has 0 spiro atoms. The van der Waals surface area contributed by atoms with Gasteiger partial charge in [0.1, 0.15) is 5.69 Å². The summed E-state index contributed by atoms with van der Waals surface area (Å²) in [7, 11) is 0. The number of urea groups is 1. The first kappa shape index (κ1) is 21.8. The molecule has 3 aliphatic rings. The van der Waals surface area contributed by atoms with E-state index in [-0.39, 0.29) is 5.78 Å². The van der Waals surface area contributed by atoms with Gasteiger partial charge in [-0.15, -0.1) is 0 Å². The summed E-state index contributed by atoms with van der Waals surface area (Å²) in [6.45, 7) is 5.87. The molecule has 6 rings (SSSR count). The van der Waals surface area contributed by atoms with Crippen LogP contribution in [0, 0.1) is 0 Å². The van der Waals surface area contributed by atoms with Crippen LogP contribution in [0.3, 0.4) is 0 Å². The number of fused-ring (bicyclic) bond motifs is 3. The van der Waals surface area contributed by atoms with E-state index in [1.54, 1.807) is 6.07 Å². The van der Waals surface area contributed by atoms with Crippen LogP contribution in [0.15, 0.2) is 42.5 Å². The zero-order chi connectivity index (χ0) is 23.9. The number of ether oxygens (including phenoxy) is 1. The number of hydrazine groups is 1. The number of carbonyl (C=O) groups excluding carboxylic acids is 2. The summed E-state index contributed by atoms with van der Waals surface area (Å²) in [6, 6.07) is 13.0. The van der Waals surface area contributed by atoms with Crippen molar-refractivity contribution in [2.24, 2.45) is 5.73 Å². The summed E-state index contributed by atoms with van der Waals surface area (Å²) in [5.41, 5.74) is 11.3. The fourth-order valence-electron chi connectivity index (χ4n) is 5.17. The number of carbonyl (C=O) groups is 2. The number of hydrogen-bond donors (Lipinski definition) is 3. The summed E-state index contributed by atoms with van der Waals surface area (Å²) in [4.78, 5) is 28.6. The number of primary amides is 1. The van der Waals surface area contributed by atoms with Gasteiger partial charge >= 0.3 is 6.03 Å². The normalized spacial score (nSPS) is 17.8. The van der Waals surface area contributed by atoms with E-state index in [0.717, 1.165) is 43.0 Å². The van der Waals surface area contributed by atoms with Crippen molar-refractivity contribution in [1.82, 2.24) is 20.5 Å². The highest BCUT2D eigenvalue weighted by molar-refractivity contribution is 6.27. The second kappa shape index (κ2) is 8.81. The molecule has 3 heterocycles. The molecule has 2 aromatic carbocycles. The minimum atomic E-state index is -0.634. The number of morpholine rings is 1. The van der Waals surface area contributed by atoms with Crippen LogP contribution >= 0.6 is 0 Å². The van der Waals surface area contributed by atoms with Crippen LogP contribution in [0.2, 0.25) is 0 Å². The van der Waals surface area contributed by atoms with Crippen molar-refractivity contribution in [2.75, 3.05) is 62.4 Å². The van der Waals surface area contributed by atoms with Crippen molar-refractivity contribution >= 4 is 23.2 Å². The van der Waals surface area contributed by atoms with Crippen molar-refractivity contribution < 1.29 is 14.3 Å². The first-order valence-corrected chi connectivity index (χ1v) is 11.9. The maximum absolute atomic E-state index is 13.8. The van der Waals surface area contributed by atoms with E-state index in [0.29, 0.717) is 54.5 Å². The number of piperazine rings is 1. The molecule has 3 aromatic rings. The molecule has 1 aromatic heterocycles. The Hall–Kier alpha value is -3.73. The van der Waals surface area contributed by atoms with E-state index in [4.69, 9.17) is 10.5 Å².